The third-order valence-corrected chi connectivity index (χ3v) is 3.64. The van der Waals surface area contributed by atoms with E-state index in [2.05, 4.69) is 22.2 Å². The zero-order valence-corrected chi connectivity index (χ0v) is 11.9. The topological polar surface area (TPSA) is 54.5 Å². The van der Waals surface area contributed by atoms with Gasteiger partial charge in [0.05, 0.1) is 6.20 Å². The fourth-order valence-electron chi connectivity index (χ4n) is 1.87. The number of aromatic nitrogens is 1. The van der Waals surface area contributed by atoms with E-state index >= 15 is 0 Å². The van der Waals surface area contributed by atoms with Crippen molar-refractivity contribution >= 4 is 17.5 Å². The Morgan fingerprint density at radius 3 is 3.05 bits per heavy atom. The predicted octanol–water partition coefficient (Wildman–Crippen LogP) is 1.45. The van der Waals surface area contributed by atoms with Crippen LogP contribution in [0, 0.1) is 0 Å². The third kappa shape index (κ3) is 3.81. The summed E-state index contributed by atoms with van der Waals surface area (Å²) < 4.78 is 5.71. The van der Waals surface area contributed by atoms with Crippen molar-refractivity contribution in [2.24, 2.45) is 0 Å². The van der Waals surface area contributed by atoms with Gasteiger partial charge in [0.15, 0.2) is 0 Å². The van der Waals surface area contributed by atoms with E-state index in [1.54, 1.807) is 6.20 Å². The first-order chi connectivity index (χ1) is 9.06. The highest BCUT2D eigenvalue weighted by Crippen LogP contribution is 2.21. The Morgan fingerprint density at radius 1 is 1.68 bits per heavy atom. The lowest BCUT2D eigenvalue weighted by molar-refractivity contribution is -0.119. The lowest BCUT2D eigenvalue weighted by Gasteiger charge is -2.37. The minimum Gasteiger partial charge on any atom is -0.490 e. The normalized spacial score (nSPS) is 18.8. The molecule has 1 aromatic rings. The summed E-state index contributed by atoms with van der Waals surface area (Å²) in [4.78, 5) is 17.2. The van der Waals surface area contributed by atoms with Crippen molar-refractivity contribution in [1.29, 1.82) is 0 Å². The molecule has 2 rings (SSSR count). The van der Waals surface area contributed by atoms with E-state index in [0.29, 0.717) is 30.1 Å². The molecule has 1 atom stereocenters. The number of nitrogens with zero attached hydrogens (tertiary/aromatic N) is 2. The second kappa shape index (κ2) is 6.21. The van der Waals surface area contributed by atoms with Crippen molar-refractivity contribution < 1.29 is 9.53 Å². The van der Waals surface area contributed by atoms with Gasteiger partial charge in [0.1, 0.15) is 17.5 Å². The van der Waals surface area contributed by atoms with Crippen molar-refractivity contribution in [1.82, 2.24) is 15.2 Å². The van der Waals surface area contributed by atoms with Gasteiger partial charge in [-0.1, -0.05) is 11.6 Å². The number of hydrogen-bond donors (Lipinski definition) is 1. The van der Waals surface area contributed by atoms with Gasteiger partial charge in [-0.25, -0.2) is 4.98 Å². The fourth-order valence-corrected chi connectivity index (χ4v) is 2.04. The van der Waals surface area contributed by atoms with E-state index < -0.39 is 0 Å². The van der Waals surface area contributed by atoms with Crippen LogP contribution >= 0.6 is 11.6 Å². The van der Waals surface area contributed by atoms with Crippen LogP contribution in [0.15, 0.2) is 12.3 Å². The summed E-state index contributed by atoms with van der Waals surface area (Å²) >= 11 is 5.98. The number of hydrogen-bond acceptors (Lipinski definition) is 4. The van der Waals surface area contributed by atoms with Gasteiger partial charge in [0.25, 0.3) is 0 Å². The highest BCUT2D eigenvalue weighted by Gasteiger charge is 2.24. The van der Waals surface area contributed by atoms with Crippen LogP contribution in [-0.2, 0) is 11.3 Å². The van der Waals surface area contributed by atoms with E-state index in [4.69, 9.17) is 16.3 Å². The Bertz CT molecular complexity index is 467. The molecule has 0 aliphatic carbocycles. The Hall–Kier alpha value is -1.33. The number of halogens is 1. The number of nitrogens with one attached hydrogen (secondary N) is 1. The van der Waals surface area contributed by atoms with Crippen LogP contribution in [0.1, 0.15) is 18.9 Å². The molecule has 2 heterocycles. The van der Waals surface area contributed by atoms with Gasteiger partial charge in [0, 0.05) is 25.1 Å². The van der Waals surface area contributed by atoms with Crippen LogP contribution in [0.5, 0.6) is 5.75 Å². The molecular formula is C13H18ClN3O2. The van der Waals surface area contributed by atoms with Crippen LogP contribution in [0.25, 0.3) is 0 Å². The van der Waals surface area contributed by atoms with E-state index in [9.17, 15) is 4.79 Å². The minimum absolute atomic E-state index is 0.0986. The maximum Gasteiger partial charge on any atom is 0.217 e. The molecule has 0 unspecified atom stereocenters. The van der Waals surface area contributed by atoms with Crippen molar-refractivity contribution in [3.63, 3.8) is 0 Å². The highest BCUT2D eigenvalue weighted by atomic mass is 35.5. The number of carbonyl (C=O) groups is 1. The molecule has 1 N–H and O–H groups in total. The molecular weight excluding hydrogens is 266 g/mol. The molecule has 1 amide bonds. The second-order valence-electron chi connectivity index (χ2n) is 4.76. The number of ether oxygens (including phenoxy) is 1. The summed E-state index contributed by atoms with van der Waals surface area (Å²) in [5.74, 6) is 0.587. The standard InChI is InChI=1S/C13H18ClN3O2/c1-9(18)15-6-10-5-12(7-16-13(10)14)19-8-11-3-4-17(11)2/h5,7,11H,3-4,6,8H2,1-2H3,(H,15,18)/t11-/m0/s1. The second-order valence-corrected chi connectivity index (χ2v) is 5.12. The molecule has 0 aromatic carbocycles. The Labute approximate surface area is 117 Å². The Balaban J connectivity index is 1.93. The van der Waals surface area contributed by atoms with Crippen LogP contribution < -0.4 is 10.1 Å². The fraction of sp³-hybridized carbons (Fsp3) is 0.538. The van der Waals surface area contributed by atoms with Crippen LogP contribution in [0.2, 0.25) is 5.15 Å². The number of rotatable bonds is 5. The molecule has 1 aliphatic heterocycles. The van der Waals surface area contributed by atoms with Crippen molar-refractivity contribution in [3.8, 4) is 5.75 Å². The third-order valence-electron chi connectivity index (χ3n) is 3.30. The summed E-state index contributed by atoms with van der Waals surface area (Å²) in [5.41, 5.74) is 0.760. The number of likely N-dealkylation sites (N-methyl/N-ethyl adjacent to an activating group) is 1. The molecule has 0 radical (unpaired) electrons. The first kappa shape index (κ1) is 14.1. The number of amides is 1. The summed E-state index contributed by atoms with van der Waals surface area (Å²) in [6, 6.07) is 2.30. The summed E-state index contributed by atoms with van der Waals surface area (Å²) in [5, 5.41) is 3.09. The smallest absolute Gasteiger partial charge is 0.217 e. The summed E-state index contributed by atoms with van der Waals surface area (Å²) in [6.07, 6.45) is 2.77. The van der Waals surface area contributed by atoms with E-state index in [1.165, 1.54) is 6.92 Å². The number of likely N-dealkylation sites (tertiary alicyclic amines) is 1. The highest BCUT2D eigenvalue weighted by molar-refractivity contribution is 6.30. The van der Waals surface area contributed by atoms with Gasteiger partial charge >= 0.3 is 0 Å². The summed E-state index contributed by atoms with van der Waals surface area (Å²) in [7, 11) is 2.08. The van der Waals surface area contributed by atoms with E-state index in [0.717, 1.165) is 18.5 Å². The molecule has 5 nitrogen and oxygen atoms in total. The first-order valence-corrected chi connectivity index (χ1v) is 6.66. The number of carbonyl (C=O) groups excluding carboxylic acids is 1. The molecule has 1 fully saturated rings. The first-order valence-electron chi connectivity index (χ1n) is 6.28. The van der Waals surface area contributed by atoms with E-state index in [1.807, 2.05) is 6.07 Å². The Morgan fingerprint density at radius 2 is 2.47 bits per heavy atom. The van der Waals surface area contributed by atoms with Crippen molar-refractivity contribution in [3.05, 3.63) is 23.0 Å². The molecule has 0 saturated carbocycles. The van der Waals surface area contributed by atoms with Gasteiger partial charge in [-0.05, 0) is 26.1 Å². The zero-order valence-electron chi connectivity index (χ0n) is 11.1. The van der Waals surface area contributed by atoms with Crippen molar-refractivity contribution in [2.75, 3.05) is 20.2 Å². The number of pyridine rings is 1. The van der Waals surface area contributed by atoms with Gasteiger partial charge in [-0.3, -0.25) is 9.69 Å². The molecule has 0 spiro atoms. The maximum atomic E-state index is 10.9. The van der Waals surface area contributed by atoms with Crippen molar-refractivity contribution in [2.45, 2.75) is 25.9 Å². The lowest BCUT2D eigenvalue weighted by atomic mass is 10.1. The monoisotopic (exact) mass is 283 g/mol. The average Bonchev–Trinajstić information content (AvgIpc) is 2.37. The average molecular weight is 284 g/mol. The van der Waals surface area contributed by atoms with Crippen LogP contribution in [-0.4, -0.2) is 42.0 Å². The van der Waals surface area contributed by atoms with Gasteiger partial charge in [0.2, 0.25) is 5.91 Å². The lowest BCUT2D eigenvalue weighted by Crippen LogP contribution is -2.48. The predicted molar refractivity (Wildman–Crippen MR) is 73.3 cm³/mol. The molecule has 6 heteroatoms. The SMILES string of the molecule is CC(=O)NCc1cc(OC[C@@H]2CCN2C)cnc1Cl. The van der Waals surface area contributed by atoms with Crippen LogP contribution in [0.3, 0.4) is 0 Å². The maximum absolute atomic E-state index is 10.9. The Kier molecular flexibility index (Phi) is 4.61. The molecule has 0 bridgehead atoms. The largest absolute Gasteiger partial charge is 0.490 e. The van der Waals surface area contributed by atoms with Gasteiger partial charge in [-0.15, -0.1) is 0 Å². The molecule has 19 heavy (non-hydrogen) atoms. The van der Waals surface area contributed by atoms with Crippen LogP contribution in [0.4, 0.5) is 0 Å². The summed E-state index contributed by atoms with van der Waals surface area (Å²) in [6.45, 7) is 3.61. The molecule has 1 aliphatic rings. The zero-order chi connectivity index (χ0) is 13.8. The molecule has 104 valence electrons. The van der Waals surface area contributed by atoms with Gasteiger partial charge < -0.3 is 10.1 Å². The van der Waals surface area contributed by atoms with E-state index in [-0.39, 0.29) is 5.91 Å². The minimum atomic E-state index is -0.0986. The van der Waals surface area contributed by atoms with Gasteiger partial charge in [-0.2, -0.15) is 0 Å². The molecule has 1 saturated heterocycles. The quantitative estimate of drug-likeness (QED) is 0.831. The molecule has 1 aromatic heterocycles.